The maximum atomic E-state index is 8.78. The van der Waals surface area contributed by atoms with E-state index in [1.807, 2.05) is 6.20 Å². The van der Waals surface area contributed by atoms with Crippen LogP contribution in [0.2, 0.25) is 0 Å². The molecule has 0 spiro atoms. The zero-order valence-corrected chi connectivity index (χ0v) is 10.3. The number of hydrogen-bond acceptors (Lipinski definition) is 5. The van der Waals surface area contributed by atoms with Crippen LogP contribution in [0.1, 0.15) is 18.5 Å². The van der Waals surface area contributed by atoms with Crippen LogP contribution in [0.15, 0.2) is 6.20 Å². The summed E-state index contributed by atoms with van der Waals surface area (Å²) in [6, 6.07) is 0.553. The first-order chi connectivity index (χ1) is 8.28. The molecule has 96 valence electrons. The third-order valence-electron chi connectivity index (χ3n) is 3.11. The molecule has 2 rings (SSSR count). The van der Waals surface area contributed by atoms with Gasteiger partial charge in [0.2, 0.25) is 0 Å². The zero-order valence-electron chi connectivity index (χ0n) is 10.3. The number of nitrogens with zero attached hydrogens (tertiary/aromatic N) is 4. The summed E-state index contributed by atoms with van der Waals surface area (Å²) in [6.07, 6.45) is 4.37. The molecule has 1 fully saturated rings. The van der Waals surface area contributed by atoms with Crippen LogP contribution in [0.25, 0.3) is 0 Å². The van der Waals surface area contributed by atoms with Gasteiger partial charge in [0.25, 0.3) is 0 Å². The third kappa shape index (κ3) is 3.76. The van der Waals surface area contributed by atoms with E-state index in [1.165, 1.54) is 19.4 Å². The fourth-order valence-corrected chi connectivity index (χ4v) is 2.21. The Balaban J connectivity index is 1.76. The molecule has 6 heteroatoms. The molecule has 0 saturated carbocycles. The van der Waals surface area contributed by atoms with Gasteiger partial charge in [0.05, 0.1) is 18.8 Å². The van der Waals surface area contributed by atoms with E-state index in [1.54, 1.807) is 4.68 Å². The Morgan fingerprint density at radius 1 is 1.59 bits per heavy atom. The molecule has 0 aliphatic carbocycles. The molecule has 2 N–H and O–H groups in total. The van der Waals surface area contributed by atoms with Crippen LogP contribution < -0.4 is 5.32 Å². The van der Waals surface area contributed by atoms with Crippen molar-refractivity contribution in [3.8, 4) is 0 Å². The number of likely N-dealkylation sites (tertiary alicyclic amines) is 1. The van der Waals surface area contributed by atoms with Crippen LogP contribution >= 0.6 is 0 Å². The summed E-state index contributed by atoms with van der Waals surface area (Å²) in [5.41, 5.74) is 0.937. The highest BCUT2D eigenvalue weighted by molar-refractivity contribution is 4.92. The summed E-state index contributed by atoms with van der Waals surface area (Å²) in [5, 5.41) is 20.3. The van der Waals surface area contributed by atoms with Crippen molar-refractivity contribution < 1.29 is 5.11 Å². The fourth-order valence-electron chi connectivity index (χ4n) is 2.21. The van der Waals surface area contributed by atoms with Crippen LogP contribution in [0.4, 0.5) is 0 Å². The molecule has 1 unspecified atom stereocenters. The predicted molar refractivity (Wildman–Crippen MR) is 64.5 cm³/mol. The second-order valence-corrected chi connectivity index (χ2v) is 4.68. The maximum Gasteiger partial charge on any atom is 0.0964 e. The highest BCUT2D eigenvalue weighted by Gasteiger charge is 2.16. The lowest BCUT2D eigenvalue weighted by Crippen LogP contribution is -2.43. The third-order valence-corrected chi connectivity index (χ3v) is 3.11. The quantitative estimate of drug-likeness (QED) is 0.722. The molecule has 17 heavy (non-hydrogen) atoms. The Kier molecular flexibility index (Phi) is 4.47. The van der Waals surface area contributed by atoms with Gasteiger partial charge in [0, 0.05) is 25.3 Å². The van der Waals surface area contributed by atoms with E-state index >= 15 is 0 Å². The first-order valence-electron chi connectivity index (χ1n) is 6.19. The van der Waals surface area contributed by atoms with E-state index in [-0.39, 0.29) is 6.61 Å². The number of nitrogens with one attached hydrogen (secondary N) is 1. The number of aromatic nitrogens is 3. The number of aliphatic hydroxyl groups excluding tert-OH is 1. The van der Waals surface area contributed by atoms with Gasteiger partial charge in [-0.1, -0.05) is 5.21 Å². The summed E-state index contributed by atoms with van der Waals surface area (Å²) in [5.74, 6) is 0. The van der Waals surface area contributed by atoms with E-state index in [2.05, 4.69) is 27.6 Å². The second-order valence-electron chi connectivity index (χ2n) is 4.68. The fraction of sp³-hybridized carbons (Fsp3) is 0.818. The van der Waals surface area contributed by atoms with Gasteiger partial charge in [-0.25, -0.2) is 4.68 Å². The average molecular weight is 239 g/mol. The van der Waals surface area contributed by atoms with Crippen LogP contribution in [0.3, 0.4) is 0 Å². The van der Waals surface area contributed by atoms with E-state index in [4.69, 9.17) is 5.11 Å². The molecule has 0 radical (unpaired) electrons. The number of piperidine rings is 1. The molecule has 1 aliphatic heterocycles. The lowest BCUT2D eigenvalue weighted by Gasteiger charge is -2.30. The van der Waals surface area contributed by atoms with Gasteiger partial charge in [-0.3, -0.25) is 0 Å². The number of rotatable bonds is 5. The van der Waals surface area contributed by atoms with Crippen molar-refractivity contribution in [1.82, 2.24) is 25.2 Å². The van der Waals surface area contributed by atoms with Crippen molar-refractivity contribution in [2.75, 3.05) is 26.7 Å². The van der Waals surface area contributed by atoms with Crippen LogP contribution in [0.5, 0.6) is 0 Å². The van der Waals surface area contributed by atoms with Gasteiger partial charge in [-0.15, -0.1) is 5.10 Å². The molecule has 0 amide bonds. The van der Waals surface area contributed by atoms with Crippen LogP contribution in [-0.4, -0.2) is 57.8 Å². The summed E-state index contributed by atoms with van der Waals surface area (Å²) in [7, 11) is 2.16. The van der Waals surface area contributed by atoms with E-state index in [0.29, 0.717) is 12.6 Å². The predicted octanol–water partition coefficient (Wildman–Crippen LogP) is -0.546. The van der Waals surface area contributed by atoms with Gasteiger partial charge in [-0.2, -0.15) is 0 Å². The lowest BCUT2D eigenvalue weighted by atomic mass is 10.1. The molecule has 0 bridgehead atoms. The molecule has 2 heterocycles. The molecular weight excluding hydrogens is 218 g/mol. The summed E-state index contributed by atoms with van der Waals surface area (Å²) in [6.45, 7) is 3.67. The number of likely N-dealkylation sites (N-methyl/N-ethyl adjacent to an activating group) is 1. The molecular formula is C11H21N5O. The van der Waals surface area contributed by atoms with Gasteiger partial charge in [-0.05, 0) is 26.4 Å². The van der Waals surface area contributed by atoms with Crippen molar-refractivity contribution in [2.45, 2.75) is 32.0 Å². The first kappa shape index (κ1) is 12.5. The molecule has 1 aliphatic rings. The lowest BCUT2D eigenvalue weighted by molar-refractivity contribution is 0.226. The van der Waals surface area contributed by atoms with Crippen LogP contribution in [0, 0.1) is 0 Å². The molecule has 0 aromatic carbocycles. The summed E-state index contributed by atoms with van der Waals surface area (Å²) < 4.78 is 1.67. The Bertz CT molecular complexity index is 340. The van der Waals surface area contributed by atoms with Gasteiger partial charge in [0.15, 0.2) is 0 Å². The highest BCUT2D eigenvalue weighted by atomic mass is 16.3. The minimum atomic E-state index is 0.101. The second kappa shape index (κ2) is 6.09. The molecule has 1 aromatic heterocycles. The highest BCUT2D eigenvalue weighted by Crippen LogP contribution is 2.08. The number of aliphatic hydroxyl groups is 1. The minimum absolute atomic E-state index is 0.101. The first-order valence-corrected chi connectivity index (χ1v) is 6.19. The average Bonchev–Trinajstić information content (AvgIpc) is 2.75. The van der Waals surface area contributed by atoms with Crippen LogP contribution in [-0.2, 0) is 13.1 Å². The Labute approximate surface area is 102 Å². The topological polar surface area (TPSA) is 66.2 Å². The minimum Gasteiger partial charge on any atom is -0.394 e. The summed E-state index contributed by atoms with van der Waals surface area (Å²) in [4.78, 5) is 2.35. The van der Waals surface area contributed by atoms with Crippen molar-refractivity contribution in [3.05, 3.63) is 11.9 Å². The SMILES string of the molecule is CN1CCCC(NCc2cn(CCO)nn2)C1. The van der Waals surface area contributed by atoms with E-state index in [9.17, 15) is 0 Å². The molecule has 1 atom stereocenters. The Morgan fingerprint density at radius 2 is 2.47 bits per heavy atom. The molecule has 1 saturated heterocycles. The van der Waals surface area contributed by atoms with E-state index < -0.39 is 0 Å². The van der Waals surface area contributed by atoms with E-state index in [0.717, 1.165) is 18.8 Å². The van der Waals surface area contributed by atoms with Gasteiger partial charge in [0.1, 0.15) is 0 Å². The standard InChI is InChI=1S/C11H21N5O/c1-15-4-2-3-10(8-15)12-7-11-9-16(5-6-17)14-13-11/h9-10,12,17H,2-8H2,1H3. The molecule has 1 aromatic rings. The molecule has 6 nitrogen and oxygen atoms in total. The largest absolute Gasteiger partial charge is 0.394 e. The van der Waals surface area contributed by atoms with Crippen molar-refractivity contribution in [3.63, 3.8) is 0 Å². The zero-order chi connectivity index (χ0) is 12.1. The maximum absolute atomic E-state index is 8.78. The smallest absolute Gasteiger partial charge is 0.0964 e. The van der Waals surface area contributed by atoms with Crippen molar-refractivity contribution >= 4 is 0 Å². The van der Waals surface area contributed by atoms with Crippen molar-refractivity contribution in [1.29, 1.82) is 0 Å². The monoisotopic (exact) mass is 239 g/mol. The Morgan fingerprint density at radius 3 is 3.24 bits per heavy atom. The Hall–Kier alpha value is -0.980. The van der Waals surface area contributed by atoms with Crippen molar-refractivity contribution in [2.24, 2.45) is 0 Å². The van der Waals surface area contributed by atoms with Gasteiger partial charge < -0.3 is 15.3 Å². The normalized spacial score (nSPS) is 21.9. The van der Waals surface area contributed by atoms with Gasteiger partial charge >= 0.3 is 0 Å². The number of hydrogen-bond donors (Lipinski definition) is 2. The summed E-state index contributed by atoms with van der Waals surface area (Å²) >= 11 is 0.